The van der Waals surface area contributed by atoms with Crippen LogP contribution in [0.3, 0.4) is 0 Å². The summed E-state index contributed by atoms with van der Waals surface area (Å²) in [4.78, 5) is 2.10. The summed E-state index contributed by atoms with van der Waals surface area (Å²) >= 11 is 5.75. The van der Waals surface area contributed by atoms with Crippen LogP contribution in [0.2, 0.25) is 5.02 Å². The fourth-order valence-corrected chi connectivity index (χ4v) is 4.89. The number of rotatable bonds is 7. The van der Waals surface area contributed by atoms with Crippen LogP contribution in [-0.2, 0) is 6.18 Å². The highest BCUT2D eigenvalue weighted by Crippen LogP contribution is 2.38. The van der Waals surface area contributed by atoms with Crippen molar-refractivity contribution in [3.8, 4) is 17.4 Å². The minimum atomic E-state index is -4.48. The maximum Gasteiger partial charge on any atom is 0.417 e. The van der Waals surface area contributed by atoms with Gasteiger partial charge >= 0.3 is 6.18 Å². The number of β-amino-alcohol motifs (C(OH)–C–C–N with tert-alkyl or cyclic N) is 1. The van der Waals surface area contributed by atoms with Gasteiger partial charge in [0.1, 0.15) is 24.0 Å². The van der Waals surface area contributed by atoms with Gasteiger partial charge in [0.15, 0.2) is 5.76 Å². The molecule has 204 valence electrons. The van der Waals surface area contributed by atoms with Crippen molar-refractivity contribution in [3.05, 3.63) is 64.5 Å². The molecule has 0 saturated carbocycles. The molecule has 1 fully saturated rings. The van der Waals surface area contributed by atoms with Gasteiger partial charge in [-0.3, -0.25) is 0 Å². The molecule has 1 atom stereocenters. The van der Waals surface area contributed by atoms with Gasteiger partial charge in [0.05, 0.1) is 16.0 Å². The average Bonchev–Trinajstić information content (AvgIpc) is 3.49. The van der Waals surface area contributed by atoms with Gasteiger partial charge in [-0.25, -0.2) is 0 Å². The number of benzene rings is 2. The van der Waals surface area contributed by atoms with Crippen molar-refractivity contribution in [1.82, 2.24) is 15.1 Å². The molecule has 0 bridgehead atoms. The quantitative estimate of drug-likeness (QED) is 0.271. The molecular weight excluding hydrogens is 546 g/mol. The van der Waals surface area contributed by atoms with Crippen molar-refractivity contribution in [1.29, 1.82) is 0 Å². The molecular formula is C26H26Cl2F3N3O4. The second-order valence-electron chi connectivity index (χ2n) is 9.18. The predicted molar refractivity (Wildman–Crippen MR) is 138 cm³/mol. The van der Waals surface area contributed by atoms with Crippen LogP contribution in [0.25, 0.3) is 22.6 Å². The molecule has 7 nitrogen and oxygen atoms in total. The Labute approximate surface area is 227 Å². The van der Waals surface area contributed by atoms with E-state index in [1.807, 2.05) is 0 Å². The molecule has 5 rings (SSSR count). The van der Waals surface area contributed by atoms with Crippen LogP contribution in [0.1, 0.15) is 35.8 Å². The first-order chi connectivity index (χ1) is 17.7. The summed E-state index contributed by atoms with van der Waals surface area (Å²) in [6.07, 6.45) is -3.84. The van der Waals surface area contributed by atoms with Crippen molar-refractivity contribution in [2.24, 2.45) is 0 Å². The Morgan fingerprint density at radius 2 is 1.89 bits per heavy atom. The minimum absolute atomic E-state index is 0. The highest BCUT2D eigenvalue weighted by molar-refractivity contribution is 6.31. The number of hydrogen-bond acceptors (Lipinski definition) is 7. The summed E-state index contributed by atoms with van der Waals surface area (Å²) in [7, 11) is 0. The first-order valence-electron chi connectivity index (χ1n) is 11.9. The fraction of sp³-hybridized carbons (Fsp3) is 0.385. The van der Waals surface area contributed by atoms with Crippen molar-refractivity contribution in [2.75, 3.05) is 26.2 Å². The van der Waals surface area contributed by atoms with Gasteiger partial charge in [-0.15, -0.1) is 22.6 Å². The number of halogens is 5. The molecule has 0 spiro atoms. The molecule has 0 aliphatic carbocycles. The third-order valence-corrected chi connectivity index (χ3v) is 6.84. The number of hydrogen-bond donors (Lipinski definition) is 1. The number of fused-ring (bicyclic) bond motifs is 1. The van der Waals surface area contributed by atoms with Crippen molar-refractivity contribution < 1.29 is 31.8 Å². The van der Waals surface area contributed by atoms with E-state index < -0.39 is 17.8 Å². The van der Waals surface area contributed by atoms with Gasteiger partial charge in [0, 0.05) is 19.5 Å². The van der Waals surface area contributed by atoms with E-state index in [0.29, 0.717) is 61.0 Å². The fourth-order valence-electron chi connectivity index (χ4n) is 4.66. The van der Waals surface area contributed by atoms with Crippen LogP contribution < -0.4 is 4.74 Å². The molecule has 12 heteroatoms. The second kappa shape index (κ2) is 11.5. The third-order valence-electron chi connectivity index (χ3n) is 6.51. The zero-order valence-electron chi connectivity index (χ0n) is 20.4. The van der Waals surface area contributed by atoms with Gasteiger partial charge in [-0.05, 0) is 61.7 Å². The van der Waals surface area contributed by atoms with Gasteiger partial charge in [0.2, 0.25) is 5.89 Å². The summed E-state index contributed by atoms with van der Waals surface area (Å²) in [5, 5.41) is 18.8. The van der Waals surface area contributed by atoms with E-state index in [0.717, 1.165) is 11.5 Å². The Morgan fingerprint density at radius 1 is 1.13 bits per heavy atom. The summed E-state index contributed by atoms with van der Waals surface area (Å²) in [6, 6.07) is 11.3. The molecule has 1 saturated heterocycles. The maximum atomic E-state index is 13.2. The Bertz CT molecular complexity index is 1380. The smallest absolute Gasteiger partial charge is 0.417 e. The van der Waals surface area contributed by atoms with E-state index in [2.05, 4.69) is 15.1 Å². The standard InChI is InChI=1S/C26H25ClF3N3O4.ClH/c1-15-31-32-25(36-15)24-12-19-22(3-2-4-23(19)37-24)35-14-18(34)13-33-9-7-16(8-10-33)17-5-6-21(27)20(11-17)26(28,29)30;/h2-6,11-12,16,18,34H,7-10,13-14H2,1H3;1H/t18-;/m0./s1. The highest BCUT2D eigenvalue weighted by atomic mass is 35.5. The highest BCUT2D eigenvalue weighted by Gasteiger charge is 2.34. The lowest BCUT2D eigenvalue weighted by atomic mass is 9.88. The van der Waals surface area contributed by atoms with E-state index in [-0.39, 0.29) is 35.8 Å². The zero-order valence-corrected chi connectivity index (χ0v) is 21.9. The Balaban J connectivity index is 0.00000336. The summed E-state index contributed by atoms with van der Waals surface area (Å²) in [6.45, 7) is 3.49. The molecule has 2 aromatic heterocycles. The number of aryl methyl sites for hydroxylation is 1. The monoisotopic (exact) mass is 571 g/mol. The maximum absolute atomic E-state index is 13.2. The summed E-state index contributed by atoms with van der Waals surface area (Å²) in [5.41, 5.74) is 0.438. The molecule has 0 amide bonds. The van der Waals surface area contributed by atoms with Gasteiger partial charge in [-0.2, -0.15) is 13.2 Å². The largest absolute Gasteiger partial charge is 0.490 e. The molecule has 4 aromatic rings. The first kappa shape index (κ1) is 28.2. The summed E-state index contributed by atoms with van der Waals surface area (Å²) in [5.74, 6) is 1.70. The number of aliphatic hydroxyl groups excluding tert-OH is 1. The van der Waals surface area contributed by atoms with E-state index in [1.165, 1.54) is 6.07 Å². The zero-order chi connectivity index (χ0) is 26.2. The SMILES string of the molecule is Cc1nnc(-c2cc3c(OC[C@@H](O)CN4CCC(c5ccc(Cl)c(C(F)(F)F)c5)CC4)cccc3o2)o1.Cl. The molecule has 1 aliphatic rings. The lowest BCUT2D eigenvalue weighted by molar-refractivity contribution is -0.137. The molecule has 2 aromatic carbocycles. The molecule has 38 heavy (non-hydrogen) atoms. The van der Waals surface area contributed by atoms with Crippen LogP contribution in [0, 0.1) is 6.92 Å². The number of aromatic nitrogens is 2. The first-order valence-corrected chi connectivity index (χ1v) is 12.3. The van der Waals surface area contributed by atoms with Crippen LogP contribution in [0.15, 0.2) is 51.3 Å². The number of aliphatic hydroxyl groups is 1. The Hall–Kier alpha value is -2.79. The number of ether oxygens (including phenoxy) is 1. The Kier molecular flexibility index (Phi) is 8.56. The van der Waals surface area contributed by atoms with E-state index >= 15 is 0 Å². The molecule has 1 aliphatic heterocycles. The van der Waals surface area contributed by atoms with Crippen molar-refractivity contribution >= 4 is 35.0 Å². The van der Waals surface area contributed by atoms with E-state index in [4.69, 9.17) is 25.2 Å². The topological polar surface area (TPSA) is 84.8 Å². The van der Waals surface area contributed by atoms with Gasteiger partial charge in [0.25, 0.3) is 5.89 Å². The molecule has 1 N–H and O–H groups in total. The van der Waals surface area contributed by atoms with Crippen molar-refractivity contribution in [2.45, 2.75) is 38.0 Å². The number of nitrogens with zero attached hydrogens (tertiary/aromatic N) is 3. The van der Waals surface area contributed by atoms with E-state index in [1.54, 1.807) is 37.3 Å². The normalized spacial score (nSPS) is 15.9. The molecule has 0 unspecified atom stereocenters. The molecule has 0 radical (unpaired) electrons. The van der Waals surface area contributed by atoms with Gasteiger partial charge in [-0.1, -0.05) is 23.7 Å². The van der Waals surface area contributed by atoms with Gasteiger partial charge < -0.3 is 23.6 Å². The number of likely N-dealkylation sites (tertiary alicyclic amines) is 1. The minimum Gasteiger partial charge on any atom is -0.490 e. The summed E-state index contributed by atoms with van der Waals surface area (Å²) < 4.78 is 56.8. The van der Waals surface area contributed by atoms with Crippen LogP contribution in [0.4, 0.5) is 13.2 Å². The Morgan fingerprint density at radius 3 is 2.58 bits per heavy atom. The number of alkyl halides is 3. The number of furan rings is 1. The average molecular weight is 572 g/mol. The second-order valence-corrected chi connectivity index (χ2v) is 9.59. The van der Waals surface area contributed by atoms with Crippen molar-refractivity contribution in [3.63, 3.8) is 0 Å². The van der Waals surface area contributed by atoms with Crippen LogP contribution in [0.5, 0.6) is 5.75 Å². The lowest BCUT2D eigenvalue weighted by Crippen LogP contribution is -2.40. The third kappa shape index (κ3) is 6.26. The van der Waals surface area contributed by atoms with Crippen LogP contribution >= 0.6 is 24.0 Å². The predicted octanol–water partition coefficient (Wildman–Crippen LogP) is 6.50. The van der Waals surface area contributed by atoms with E-state index in [9.17, 15) is 18.3 Å². The van der Waals surface area contributed by atoms with Crippen LogP contribution in [-0.4, -0.2) is 52.5 Å². The molecule has 3 heterocycles. The lowest BCUT2D eigenvalue weighted by Gasteiger charge is -2.33. The number of piperidine rings is 1.